The fourth-order valence-corrected chi connectivity index (χ4v) is 2.43. The monoisotopic (exact) mass is 343 g/mol. The molecular weight excluding hydrogens is 329 g/mol. The lowest BCUT2D eigenvalue weighted by atomic mass is 9.94. The summed E-state index contributed by atoms with van der Waals surface area (Å²) in [6.45, 7) is 2.54. The first-order valence-electron chi connectivity index (χ1n) is 6.27. The summed E-state index contributed by atoms with van der Waals surface area (Å²) < 4.78 is 13.3. The zero-order chi connectivity index (χ0) is 14.7. The van der Waals surface area contributed by atoms with Gasteiger partial charge in [0.2, 0.25) is 5.91 Å². The number of amides is 3. The molecule has 7 heteroatoms. The van der Waals surface area contributed by atoms with E-state index in [1.807, 2.05) is 6.92 Å². The molecule has 3 N–H and O–H groups in total. The van der Waals surface area contributed by atoms with Crippen molar-refractivity contribution < 1.29 is 14.0 Å². The molecule has 3 amide bonds. The van der Waals surface area contributed by atoms with Gasteiger partial charge in [-0.3, -0.25) is 4.79 Å². The molecule has 20 heavy (non-hydrogen) atoms. The molecule has 0 unspecified atom stereocenters. The highest BCUT2D eigenvalue weighted by molar-refractivity contribution is 9.10. The summed E-state index contributed by atoms with van der Waals surface area (Å²) in [6, 6.07) is 3.11. The van der Waals surface area contributed by atoms with Crippen LogP contribution < -0.4 is 16.0 Å². The minimum atomic E-state index is -0.548. The molecule has 2 atom stereocenters. The van der Waals surface area contributed by atoms with Gasteiger partial charge in [-0.25, -0.2) is 9.18 Å². The van der Waals surface area contributed by atoms with Gasteiger partial charge in [-0.2, -0.15) is 0 Å². The summed E-state index contributed by atoms with van der Waals surface area (Å²) in [6.07, 6.45) is 0.818. The first-order valence-corrected chi connectivity index (χ1v) is 7.07. The second kappa shape index (κ2) is 6.21. The zero-order valence-corrected chi connectivity index (χ0v) is 12.5. The van der Waals surface area contributed by atoms with Crippen LogP contribution in [0.5, 0.6) is 0 Å². The van der Waals surface area contributed by atoms with E-state index in [0.29, 0.717) is 12.2 Å². The van der Waals surface area contributed by atoms with E-state index in [1.165, 1.54) is 18.2 Å². The normalized spacial score (nSPS) is 22.1. The summed E-state index contributed by atoms with van der Waals surface area (Å²) in [5.41, 5.74) is 0.444. The smallest absolute Gasteiger partial charge is 0.319 e. The molecule has 0 spiro atoms. The van der Waals surface area contributed by atoms with Crippen molar-refractivity contribution in [1.82, 2.24) is 10.6 Å². The number of piperidine rings is 1. The molecule has 1 aromatic carbocycles. The van der Waals surface area contributed by atoms with Crippen LogP contribution in [0.4, 0.5) is 14.9 Å². The van der Waals surface area contributed by atoms with Crippen molar-refractivity contribution in [1.29, 1.82) is 0 Å². The minimum Gasteiger partial charge on any atom is -0.354 e. The van der Waals surface area contributed by atoms with Crippen LogP contribution in [0.2, 0.25) is 0 Å². The van der Waals surface area contributed by atoms with Crippen LogP contribution in [-0.2, 0) is 4.79 Å². The third-order valence-electron chi connectivity index (χ3n) is 3.21. The SMILES string of the molecule is C[C@H]1CCNC(=O)[C@H]1NC(=O)Nc1ccc(F)c(Br)c1. The van der Waals surface area contributed by atoms with Crippen LogP contribution in [-0.4, -0.2) is 24.5 Å². The van der Waals surface area contributed by atoms with Gasteiger partial charge in [0.25, 0.3) is 0 Å². The van der Waals surface area contributed by atoms with Gasteiger partial charge in [-0.1, -0.05) is 6.92 Å². The van der Waals surface area contributed by atoms with Gasteiger partial charge in [0, 0.05) is 12.2 Å². The number of carbonyl (C=O) groups excluding carboxylic acids is 2. The van der Waals surface area contributed by atoms with E-state index in [1.54, 1.807) is 0 Å². The van der Waals surface area contributed by atoms with Crippen LogP contribution >= 0.6 is 15.9 Å². The summed E-state index contributed by atoms with van der Waals surface area (Å²) in [4.78, 5) is 23.5. The van der Waals surface area contributed by atoms with Crippen molar-refractivity contribution in [2.24, 2.45) is 5.92 Å². The number of urea groups is 1. The van der Waals surface area contributed by atoms with Crippen LogP contribution in [0.3, 0.4) is 0 Å². The average molecular weight is 344 g/mol. The maximum Gasteiger partial charge on any atom is 0.319 e. The Morgan fingerprint density at radius 3 is 2.90 bits per heavy atom. The lowest BCUT2D eigenvalue weighted by molar-refractivity contribution is -0.125. The van der Waals surface area contributed by atoms with Crippen molar-refractivity contribution in [2.45, 2.75) is 19.4 Å². The molecule has 2 rings (SSSR count). The number of benzene rings is 1. The molecular formula is C13H15BrFN3O2. The molecule has 0 saturated carbocycles. The fourth-order valence-electron chi connectivity index (χ4n) is 2.05. The van der Waals surface area contributed by atoms with Gasteiger partial charge in [-0.15, -0.1) is 0 Å². The molecule has 5 nitrogen and oxygen atoms in total. The molecule has 0 aliphatic carbocycles. The van der Waals surface area contributed by atoms with Crippen molar-refractivity contribution >= 4 is 33.6 Å². The van der Waals surface area contributed by atoms with Crippen molar-refractivity contribution in [3.63, 3.8) is 0 Å². The lowest BCUT2D eigenvalue weighted by Gasteiger charge is -2.28. The van der Waals surface area contributed by atoms with E-state index in [0.717, 1.165) is 6.42 Å². The van der Waals surface area contributed by atoms with Crippen molar-refractivity contribution in [2.75, 3.05) is 11.9 Å². The number of hydrogen-bond acceptors (Lipinski definition) is 2. The molecule has 0 bridgehead atoms. The second-order valence-electron chi connectivity index (χ2n) is 4.76. The summed E-state index contributed by atoms with van der Waals surface area (Å²) in [5, 5.41) is 7.91. The Bertz CT molecular complexity index is 538. The van der Waals surface area contributed by atoms with Crippen LogP contribution in [0.25, 0.3) is 0 Å². The highest BCUT2D eigenvalue weighted by Crippen LogP contribution is 2.20. The van der Waals surface area contributed by atoms with Gasteiger partial charge < -0.3 is 16.0 Å². The second-order valence-corrected chi connectivity index (χ2v) is 5.62. The maximum absolute atomic E-state index is 13.1. The third kappa shape index (κ3) is 3.47. The molecule has 108 valence electrons. The molecule has 1 aliphatic heterocycles. The number of nitrogens with one attached hydrogen (secondary N) is 3. The first-order chi connectivity index (χ1) is 9.47. The Morgan fingerprint density at radius 1 is 1.50 bits per heavy atom. The van der Waals surface area contributed by atoms with Gasteiger partial charge in [0.05, 0.1) is 4.47 Å². The number of halogens is 2. The molecule has 0 radical (unpaired) electrons. The first kappa shape index (κ1) is 14.8. The largest absolute Gasteiger partial charge is 0.354 e. The Balaban J connectivity index is 1.98. The number of rotatable bonds is 2. The Hall–Kier alpha value is -1.63. The third-order valence-corrected chi connectivity index (χ3v) is 3.82. The molecule has 0 aromatic heterocycles. The van der Waals surface area contributed by atoms with Crippen LogP contribution in [0.15, 0.2) is 22.7 Å². The van der Waals surface area contributed by atoms with E-state index in [2.05, 4.69) is 31.9 Å². The highest BCUT2D eigenvalue weighted by atomic mass is 79.9. The minimum absolute atomic E-state index is 0.0782. The number of anilines is 1. The molecule has 1 saturated heterocycles. The van der Waals surface area contributed by atoms with Gasteiger partial charge in [-0.05, 0) is 46.5 Å². The zero-order valence-electron chi connectivity index (χ0n) is 10.9. The van der Waals surface area contributed by atoms with Crippen LogP contribution in [0.1, 0.15) is 13.3 Å². The van der Waals surface area contributed by atoms with Gasteiger partial charge in [0.1, 0.15) is 11.9 Å². The quantitative estimate of drug-likeness (QED) is 0.770. The van der Waals surface area contributed by atoms with E-state index >= 15 is 0 Å². The highest BCUT2D eigenvalue weighted by Gasteiger charge is 2.30. The predicted octanol–water partition coefficient (Wildman–Crippen LogP) is 2.23. The van der Waals surface area contributed by atoms with Crippen molar-refractivity contribution in [3.05, 3.63) is 28.5 Å². The van der Waals surface area contributed by atoms with E-state index in [4.69, 9.17) is 0 Å². The van der Waals surface area contributed by atoms with Crippen molar-refractivity contribution in [3.8, 4) is 0 Å². The van der Waals surface area contributed by atoms with E-state index < -0.39 is 17.9 Å². The summed E-state index contributed by atoms with van der Waals surface area (Å²) in [7, 11) is 0. The predicted molar refractivity (Wildman–Crippen MR) is 76.8 cm³/mol. The Kier molecular flexibility index (Phi) is 4.59. The molecule has 1 aliphatic rings. The molecule has 1 aromatic rings. The molecule has 1 heterocycles. The Labute approximate surface area is 124 Å². The van der Waals surface area contributed by atoms with E-state index in [-0.39, 0.29) is 16.3 Å². The summed E-state index contributed by atoms with van der Waals surface area (Å²) >= 11 is 3.04. The fraction of sp³-hybridized carbons (Fsp3) is 0.385. The standard InChI is InChI=1S/C13H15BrFN3O2/c1-7-4-5-16-12(19)11(7)18-13(20)17-8-2-3-10(15)9(14)6-8/h2-3,6-7,11H,4-5H2,1H3,(H,16,19)(H2,17,18,20)/t7-,11-/m0/s1. The van der Waals surface area contributed by atoms with E-state index in [9.17, 15) is 14.0 Å². The maximum atomic E-state index is 13.1. The average Bonchev–Trinajstić information content (AvgIpc) is 2.38. The Morgan fingerprint density at radius 2 is 2.25 bits per heavy atom. The number of carbonyl (C=O) groups is 2. The summed E-state index contributed by atoms with van der Waals surface area (Å²) in [5.74, 6) is -0.509. The molecule has 1 fully saturated rings. The van der Waals surface area contributed by atoms with Gasteiger partial charge in [0.15, 0.2) is 0 Å². The van der Waals surface area contributed by atoms with Crippen LogP contribution in [0, 0.1) is 11.7 Å². The topological polar surface area (TPSA) is 70.2 Å². The van der Waals surface area contributed by atoms with Gasteiger partial charge >= 0.3 is 6.03 Å². The number of hydrogen-bond donors (Lipinski definition) is 3. The lowest BCUT2D eigenvalue weighted by Crippen LogP contribution is -2.55.